The molecule has 3 N–H and O–H groups in total. The summed E-state index contributed by atoms with van der Waals surface area (Å²) in [5.41, 5.74) is 0.924. The Morgan fingerprint density at radius 2 is 2.25 bits per heavy atom. The van der Waals surface area contributed by atoms with E-state index in [1.54, 1.807) is 0 Å². The molecule has 0 saturated heterocycles. The number of nitrogens with zero attached hydrogens (tertiary/aromatic N) is 1. The van der Waals surface area contributed by atoms with E-state index >= 15 is 0 Å². The van der Waals surface area contributed by atoms with Gasteiger partial charge in [-0.25, -0.2) is 9.78 Å². The molecule has 16 heavy (non-hydrogen) atoms. The molecule has 2 amide bonds. The van der Waals surface area contributed by atoms with Gasteiger partial charge in [-0.3, -0.25) is 4.79 Å². The van der Waals surface area contributed by atoms with Gasteiger partial charge in [-0.2, -0.15) is 0 Å². The van der Waals surface area contributed by atoms with Crippen LogP contribution in [0.25, 0.3) is 0 Å². The van der Waals surface area contributed by atoms with E-state index in [0.717, 1.165) is 10.7 Å². The monoisotopic (exact) mass is 243 g/mol. The van der Waals surface area contributed by atoms with Crippen LogP contribution in [0.4, 0.5) is 4.79 Å². The zero-order valence-corrected chi connectivity index (χ0v) is 9.63. The summed E-state index contributed by atoms with van der Waals surface area (Å²) in [7, 11) is 0. The first kappa shape index (κ1) is 12.4. The molecule has 0 aliphatic heterocycles. The third-order valence-corrected chi connectivity index (χ3v) is 2.66. The topological polar surface area (TPSA) is 91.3 Å². The molecule has 0 atom stereocenters. The number of carboxylic acid groups (broad SMARTS) is 1. The molecule has 0 saturated carbocycles. The van der Waals surface area contributed by atoms with Crippen molar-refractivity contribution < 1.29 is 14.7 Å². The lowest BCUT2D eigenvalue weighted by Gasteiger charge is -2.04. The second kappa shape index (κ2) is 6.06. The van der Waals surface area contributed by atoms with Gasteiger partial charge in [-0.1, -0.05) is 0 Å². The van der Waals surface area contributed by atoms with Crippen molar-refractivity contribution in [2.75, 3.05) is 6.54 Å². The summed E-state index contributed by atoms with van der Waals surface area (Å²) in [4.78, 5) is 25.5. The predicted octanol–water partition coefficient (Wildman–Crippen LogP) is 0.725. The number of carbonyl (C=O) groups is 2. The Balaban J connectivity index is 2.17. The van der Waals surface area contributed by atoms with E-state index < -0.39 is 5.97 Å². The van der Waals surface area contributed by atoms with Gasteiger partial charge < -0.3 is 15.7 Å². The summed E-state index contributed by atoms with van der Waals surface area (Å²) in [6.07, 6.45) is -0.0796. The predicted molar refractivity (Wildman–Crippen MR) is 59.3 cm³/mol. The lowest BCUT2D eigenvalue weighted by molar-refractivity contribution is -0.136. The number of rotatable bonds is 5. The Kier molecular flexibility index (Phi) is 4.71. The van der Waals surface area contributed by atoms with Crippen LogP contribution in [0.1, 0.15) is 17.1 Å². The van der Waals surface area contributed by atoms with E-state index in [2.05, 4.69) is 15.6 Å². The summed E-state index contributed by atoms with van der Waals surface area (Å²) in [5, 5.41) is 16.1. The highest BCUT2D eigenvalue weighted by Crippen LogP contribution is 2.07. The maximum atomic E-state index is 11.2. The molecule has 0 bridgehead atoms. The first-order chi connectivity index (χ1) is 7.58. The summed E-state index contributed by atoms with van der Waals surface area (Å²) in [6, 6.07) is -0.380. The van der Waals surface area contributed by atoms with Gasteiger partial charge in [0.05, 0.1) is 13.0 Å². The lowest BCUT2D eigenvalue weighted by atomic mass is 10.4. The van der Waals surface area contributed by atoms with Gasteiger partial charge >= 0.3 is 12.0 Å². The van der Waals surface area contributed by atoms with E-state index in [1.807, 2.05) is 12.3 Å². The van der Waals surface area contributed by atoms with Gasteiger partial charge in [0, 0.05) is 17.6 Å². The highest BCUT2D eigenvalue weighted by atomic mass is 32.1. The second-order valence-corrected chi connectivity index (χ2v) is 4.08. The van der Waals surface area contributed by atoms with Crippen molar-refractivity contribution in [2.24, 2.45) is 0 Å². The van der Waals surface area contributed by atoms with Gasteiger partial charge in [-0.05, 0) is 6.92 Å². The Morgan fingerprint density at radius 3 is 2.81 bits per heavy atom. The number of aliphatic carboxylic acids is 1. The van der Waals surface area contributed by atoms with Crippen molar-refractivity contribution in [3.63, 3.8) is 0 Å². The Bertz CT molecular complexity index is 378. The van der Waals surface area contributed by atoms with Crippen LogP contribution in [0.15, 0.2) is 5.38 Å². The molecule has 0 aromatic carbocycles. The number of thiazole rings is 1. The summed E-state index contributed by atoms with van der Waals surface area (Å²) in [5.74, 6) is -0.934. The van der Waals surface area contributed by atoms with Crippen LogP contribution in [-0.4, -0.2) is 28.6 Å². The first-order valence-corrected chi connectivity index (χ1v) is 5.60. The minimum atomic E-state index is -0.934. The van der Waals surface area contributed by atoms with Crippen molar-refractivity contribution >= 4 is 23.3 Å². The molecule has 88 valence electrons. The fourth-order valence-electron chi connectivity index (χ4n) is 0.985. The minimum absolute atomic E-state index is 0.0796. The first-order valence-electron chi connectivity index (χ1n) is 4.72. The van der Waals surface area contributed by atoms with Gasteiger partial charge in [0.25, 0.3) is 0 Å². The second-order valence-electron chi connectivity index (χ2n) is 3.14. The van der Waals surface area contributed by atoms with Crippen molar-refractivity contribution in [1.29, 1.82) is 0 Å². The number of aryl methyl sites for hydroxylation is 1. The van der Waals surface area contributed by atoms with Crippen LogP contribution in [-0.2, 0) is 11.3 Å². The Morgan fingerprint density at radius 1 is 1.50 bits per heavy atom. The van der Waals surface area contributed by atoms with E-state index in [-0.39, 0.29) is 19.0 Å². The zero-order chi connectivity index (χ0) is 12.0. The molecule has 1 aromatic rings. The van der Waals surface area contributed by atoms with Crippen LogP contribution in [0, 0.1) is 6.92 Å². The largest absolute Gasteiger partial charge is 0.481 e. The highest BCUT2D eigenvalue weighted by molar-refractivity contribution is 7.09. The van der Waals surface area contributed by atoms with Gasteiger partial charge in [0.2, 0.25) is 0 Å². The Labute approximate surface area is 96.7 Å². The van der Waals surface area contributed by atoms with Gasteiger partial charge in [0.15, 0.2) is 0 Å². The number of hydrogen-bond acceptors (Lipinski definition) is 4. The quantitative estimate of drug-likeness (QED) is 0.710. The molecular weight excluding hydrogens is 230 g/mol. The van der Waals surface area contributed by atoms with Crippen molar-refractivity contribution in [3.05, 3.63) is 16.1 Å². The summed E-state index contributed by atoms with van der Waals surface area (Å²) >= 11 is 1.47. The molecule has 0 aliphatic carbocycles. The van der Waals surface area contributed by atoms with Crippen molar-refractivity contribution in [2.45, 2.75) is 19.9 Å². The minimum Gasteiger partial charge on any atom is -0.481 e. The molecule has 1 aromatic heterocycles. The van der Waals surface area contributed by atoms with Gasteiger partial charge in [-0.15, -0.1) is 11.3 Å². The molecular formula is C9H13N3O3S. The maximum absolute atomic E-state index is 11.2. The molecule has 7 heteroatoms. The van der Waals surface area contributed by atoms with E-state index in [0.29, 0.717) is 6.54 Å². The van der Waals surface area contributed by atoms with E-state index in [9.17, 15) is 9.59 Å². The van der Waals surface area contributed by atoms with Crippen LogP contribution in [0.2, 0.25) is 0 Å². The molecule has 0 radical (unpaired) electrons. The molecule has 1 rings (SSSR count). The number of hydrogen-bond donors (Lipinski definition) is 3. The molecule has 1 heterocycles. The smallest absolute Gasteiger partial charge is 0.315 e. The number of nitrogens with one attached hydrogen (secondary N) is 2. The molecule has 0 aliphatic rings. The lowest BCUT2D eigenvalue weighted by Crippen LogP contribution is -2.36. The standard InChI is InChI=1S/C9H13N3O3S/c1-6-5-16-7(12-6)4-11-9(15)10-3-2-8(13)14/h5H,2-4H2,1H3,(H,13,14)(H2,10,11,15). The van der Waals surface area contributed by atoms with E-state index in [4.69, 9.17) is 5.11 Å². The molecule has 0 unspecified atom stereocenters. The number of carbonyl (C=O) groups excluding carboxylic acids is 1. The van der Waals surface area contributed by atoms with Crippen molar-refractivity contribution in [3.8, 4) is 0 Å². The van der Waals surface area contributed by atoms with Crippen LogP contribution in [0.5, 0.6) is 0 Å². The third kappa shape index (κ3) is 4.74. The summed E-state index contributed by atoms with van der Waals surface area (Å²) < 4.78 is 0. The third-order valence-electron chi connectivity index (χ3n) is 1.69. The normalized spacial score (nSPS) is 9.81. The maximum Gasteiger partial charge on any atom is 0.315 e. The average molecular weight is 243 g/mol. The van der Waals surface area contributed by atoms with Crippen LogP contribution in [0.3, 0.4) is 0 Å². The fraction of sp³-hybridized carbons (Fsp3) is 0.444. The molecule has 6 nitrogen and oxygen atoms in total. The number of carboxylic acids is 1. The summed E-state index contributed by atoms with van der Waals surface area (Å²) in [6.45, 7) is 2.36. The van der Waals surface area contributed by atoms with E-state index in [1.165, 1.54) is 11.3 Å². The zero-order valence-electron chi connectivity index (χ0n) is 8.82. The Hall–Kier alpha value is -1.63. The van der Waals surface area contributed by atoms with Crippen molar-refractivity contribution in [1.82, 2.24) is 15.6 Å². The SMILES string of the molecule is Cc1csc(CNC(=O)NCCC(=O)O)n1. The fourth-order valence-corrected chi connectivity index (χ4v) is 1.70. The number of amides is 2. The van der Waals surface area contributed by atoms with Crippen LogP contribution >= 0.6 is 11.3 Å². The van der Waals surface area contributed by atoms with Gasteiger partial charge in [0.1, 0.15) is 5.01 Å². The average Bonchev–Trinajstić information content (AvgIpc) is 2.61. The molecule has 0 spiro atoms. The highest BCUT2D eigenvalue weighted by Gasteiger charge is 2.03. The number of urea groups is 1. The van der Waals surface area contributed by atoms with Crippen LogP contribution < -0.4 is 10.6 Å². The number of aromatic nitrogens is 1. The molecule has 0 fully saturated rings.